The summed E-state index contributed by atoms with van der Waals surface area (Å²) >= 11 is 0. The summed E-state index contributed by atoms with van der Waals surface area (Å²) in [5.41, 5.74) is 1.07. The molecule has 0 radical (unpaired) electrons. The standard InChI is InChI=1S/C16H23N3O/c1-10(2)13-9-15(19-16(18-13)11(3)4)17-12(5)14-7-6-8-20-14/h6-12H,1-5H3,(H,17,18,19). The van der Waals surface area contributed by atoms with E-state index in [-0.39, 0.29) is 6.04 Å². The van der Waals surface area contributed by atoms with Crippen LogP contribution in [0.25, 0.3) is 0 Å². The Hall–Kier alpha value is -1.84. The second-order valence-corrected chi connectivity index (χ2v) is 5.73. The monoisotopic (exact) mass is 273 g/mol. The molecule has 2 heterocycles. The average Bonchev–Trinajstić information content (AvgIpc) is 2.92. The summed E-state index contributed by atoms with van der Waals surface area (Å²) in [5.74, 6) is 3.34. The Bertz CT molecular complexity index is 521. The molecule has 0 aliphatic rings. The molecule has 2 aromatic rings. The summed E-state index contributed by atoms with van der Waals surface area (Å²) in [6.45, 7) is 10.6. The Balaban J connectivity index is 2.26. The van der Waals surface area contributed by atoms with Crippen LogP contribution in [0.5, 0.6) is 0 Å². The number of nitrogens with one attached hydrogen (secondary N) is 1. The number of aromatic nitrogens is 2. The van der Waals surface area contributed by atoms with Gasteiger partial charge in [-0.3, -0.25) is 0 Å². The lowest BCUT2D eigenvalue weighted by Crippen LogP contribution is -2.11. The summed E-state index contributed by atoms with van der Waals surface area (Å²) < 4.78 is 5.42. The van der Waals surface area contributed by atoms with Crippen LogP contribution in [0, 0.1) is 0 Å². The van der Waals surface area contributed by atoms with E-state index in [1.165, 1.54) is 0 Å². The van der Waals surface area contributed by atoms with Crippen molar-refractivity contribution < 1.29 is 4.42 Å². The highest BCUT2D eigenvalue weighted by molar-refractivity contribution is 5.39. The van der Waals surface area contributed by atoms with Gasteiger partial charge in [0.25, 0.3) is 0 Å². The first-order chi connectivity index (χ1) is 9.47. The van der Waals surface area contributed by atoms with E-state index in [9.17, 15) is 0 Å². The molecule has 0 aromatic carbocycles. The van der Waals surface area contributed by atoms with Gasteiger partial charge in [-0.15, -0.1) is 0 Å². The van der Waals surface area contributed by atoms with Crippen LogP contribution in [-0.4, -0.2) is 9.97 Å². The van der Waals surface area contributed by atoms with Crippen LogP contribution in [0.2, 0.25) is 0 Å². The minimum Gasteiger partial charge on any atom is -0.467 e. The van der Waals surface area contributed by atoms with E-state index in [1.54, 1.807) is 6.26 Å². The fourth-order valence-corrected chi connectivity index (χ4v) is 1.94. The predicted molar refractivity (Wildman–Crippen MR) is 81.0 cm³/mol. The quantitative estimate of drug-likeness (QED) is 0.872. The van der Waals surface area contributed by atoms with E-state index in [2.05, 4.69) is 49.9 Å². The number of hydrogen-bond acceptors (Lipinski definition) is 4. The number of nitrogens with zero attached hydrogens (tertiary/aromatic N) is 2. The van der Waals surface area contributed by atoms with Gasteiger partial charge in [0.05, 0.1) is 12.3 Å². The fraction of sp³-hybridized carbons (Fsp3) is 0.500. The minimum atomic E-state index is 0.0833. The van der Waals surface area contributed by atoms with Crippen LogP contribution in [0.3, 0.4) is 0 Å². The molecule has 1 atom stereocenters. The lowest BCUT2D eigenvalue weighted by Gasteiger charge is -2.16. The molecule has 1 N–H and O–H groups in total. The molecule has 108 valence electrons. The third-order valence-electron chi connectivity index (χ3n) is 3.21. The van der Waals surface area contributed by atoms with E-state index >= 15 is 0 Å². The van der Waals surface area contributed by atoms with Crippen molar-refractivity contribution in [2.45, 2.75) is 52.5 Å². The Labute approximate surface area is 120 Å². The summed E-state index contributed by atoms with van der Waals surface area (Å²) in [4.78, 5) is 9.23. The molecule has 2 rings (SSSR count). The molecule has 4 heteroatoms. The molecule has 0 saturated carbocycles. The lowest BCUT2D eigenvalue weighted by molar-refractivity contribution is 0.490. The molecule has 2 aromatic heterocycles. The van der Waals surface area contributed by atoms with Gasteiger partial charge in [-0.25, -0.2) is 9.97 Å². The van der Waals surface area contributed by atoms with Crippen LogP contribution in [-0.2, 0) is 0 Å². The first-order valence-electron chi connectivity index (χ1n) is 7.16. The Morgan fingerprint density at radius 2 is 1.80 bits per heavy atom. The van der Waals surface area contributed by atoms with E-state index in [4.69, 9.17) is 4.42 Å². The maximum absolute atomic E-state index is 5.42. The second kappa shape index (κ2) is 6.07. The topological polar surface area (TPSA) is 51.0 Å². The van der Waals surface area contributed by atoms with Gasteiger partial charge >= 0.3 is 0 Å². The number of furan rings is 1. The number of anilines is 1. The SMILES string of the molecule is CC(C)c1cc(NC(C)c2ccco2)nc(C(C)C)n1. The molecule has 0 fully saturated rings. The highest BCUT2D eigenvalue weighted by atomic mass is 16.3. The average molecular weight is 273 g/mol. The molecule has 0 spiro atoms. The van der Waals surface area contributed by atoms with Crippen LogP contribution in [0.4, 0.5) is 5.82 Å². The largest absolute Gasteiger partial charge is 0.467 e. The van der Waals surface area contributed by atoms with Crippen molar-refractivity contribution in [3.8, 4) is 0 Å². The van der Waals surface area contributed by atoms with Crippen molar-refractivity contribution in [2.24, 2.45) is 0 Å². The van der Waals surface area contributed by atoms with Crippen LogP contribution >= 0.6 is 0 Å². The summed E-state index contributed by atoms with van der Waals surface area (Å²) in [6, 6.07) is 5.97. The van der Waals surface area contributed by atoms with Crippen molar-refractivity contribution in [3.63, 3.8) is 0 Å². The molecule has 0 saturated heterocycles. The van der Waals surface area contributed by atoms with Gasteiger partial charge in [0.1, 0.15) is 17.4 Å². The van der Waals surface area contributed by atoms with Crippen molar-refractivity contribution in [1.82, 2.24) is 9.97 Å². The van der Waals surface area contributed by atoms with Crippen molar-refractivity contribution in [2.75, 3.05) is 5.32 Å². The molecular formula is C16H23N3O. The van der Waals surface area contributed by atoms with Crippen molar-refractivity contribution >= 4 is 5.82 Å². The van der Waals surface area contributed by atoms with Gasteiger partial charge in [0.15, 0.2) is 0 Å². The first kappa shape index (κ1) is 14.6. The molecule has 0 amide bonds. The summed E-state index contributed by atoms with van der Waals surface area (Å²) in [5, 5.41) is 3.39. The van der Waals surface area contributed by atoms with E-state index in [1.807, 2.05) is 18.2 Å². The number of hydrogen-bond donors (Lipinski definition) is 1. The molecule has 1 unspecified atom stereocenters. The minimum absolute atomic E-state index is 0.0833. The van der Waals surface area contributed by atoms with Gasteiger partial charge < -0.3 is 9.73 Å². The molecule has 0 aliphatic heterocycles. The molecular weight excluding hydrogens is 250 g/mol. The maximum Gasteiger partial charge on any atom is 0.133 e. The number of rotatable bonds is 5. The van der Waals surface area contributed by atoms with E-state index in [0.29, 0.717) is 11.8 Å². The highest BCUT2D eigenvalue weighted by Gasteiger charge is 2.13. The fourth-order valence-electron chi connectivity index (χ4n) is 1.94. The van der Waals surface area contributed by atoms with Gasteiger partial charge in [0, 0.05) is 17.7 Å². The lowest BCUT2D eigenvalue weighted by atomic mass is 10.1. The van der Waals surface area contributed by atoms with Gasteiger partial charge in [-0.05, 0) is 25.0 Å². The molecule has 0 aliphatic carbocycles. The van der Waals surface area contributed by atoms with E-state index in [0.717, 1.165) is 23.1 Å². The third-order valence-corrected chi connectivity index (χ3v) is 3.21. The van der Waals surface area contributed by atoms with Gasteiger partial charge in [-0.1, -0.05) is 27.7 Å². The zero-order valence-electron chi connectivity index (χ0n) is 12.8. The summed E-state index contributed by atoms with van der Waals surface area (Å²) in [7, 11) is 0. The molecule has 0 bridgehead atoms. The molecule has 20 heavy (non-hydrogen) atoms. The van der Waals surface area contributed by atoms with Crippen molar-refractivity contribution in [1.29, 1.82) is 0 Å². The second-order valence-electron chi connectivity index (χ2n) is 5.73. The Morgan fingerprint density at radius 3 is 2.35 bits per heavy atom. The highest BCUT2D eigenvalue weighted by Crippen LogP contribution is 2.23. The Morgan fingerprint density at radius 1 is 1.05 bits per heavy atom. The smallest absolute Gasteiger partial charge is 0.133 e. The summed E-state index contributed by atoms with van der Waals surface area (Å²) in [6.07, 6.45) is 1.69. The van der Waals surface area contributed by atoms with Gasteiger partial charge in [0.2, 0.25) is 0 Å². The predicted octanol–water partition coefficient (Wildman–Crippen LogP) is 4.49. The van der Waals surface area contributed by atoms with Crippen LogP contribution < -0.4 is 5.32 Å². The zero-order chi connectivity index (χ0) is 14.7. The first-order valence-corrected chi connectivity index (χ1v) is 7.16. The van der Waals surface area contributed by atoms with Crippen LogP contribution in [0.1, 0.15) is 69.8 Å². The normalized spacial score (nSPS) is 12.9. The van der Waals surface area contributed by atoms with Crippen molar-refractivity contribution in [3.05, 3.63) is 41.7 Å². The van der Waals surface area contributed by atoms with E-state index < -0.39 is 0 Å². The zero-order valence-corrected chi connectivity index (χ0v) is 12.8. The Kier molecular flexibility index (Phi) is 4.42. The van der Waals surface area contributed by atoms with Crippen LogP contribution in [0.15, 0.2) is 28.9 Å². The maximum atomic E-state index is 5.42. The van der Waals surface area contributed by atoms with Gasteiger partial charge in [-0.2, -0.15) is 0 Å². The third kappa shape index (κ3) is 3.38. The molecule has 4 nitrogen and oxygen atoms in total.